The van der Waals surface area contributed by atoms with E-state index in [0.29, 0.717) is 19.8 Å². The number of methoxy groups -OCH3 is 1. The van der Waals surface area contributed by atoms with Gasteiger partial charge in [0.15, 0.2) is 6.29 Å². The van der Waals surface area contributed by atoms with Crippen LogP contribution in [0.1, 0.15) is 62.9 Å². The lowest BCUT2D eigenvalue weighted by atomic mass is 9.97. The zero-order valence-corrected chi connectivity index (χ0v) is 29.4. The fraction of sp³-hybridized carbons (Fsp3) is 0.366. The molecule has 1 aliphatic rings. The fourth-order valence-electron chi connectivity index (χ4n) is 6.47. The van der Waals surface area contributed by atoms with Crippen LogP contribution in [0.4, 0.5) is 4.79 Å². The van der Waals surface area contributed by atoms with Crippen molar-refractivity contribution in [2.45, 2.75) is 71.6 Å². The molecule has 0 radical (unpaired) electrons. The number of carbonyl (C=O) groups is 2. The molecule has 49 heavy (non-hydrogen) atoms. The minimum atomic E-state index is -0.946. The van der Waals surface area contributed by atoms with E-state index in [1.807, 2.05) is 126 Å². The highest BCUT2D eigenvalue weighted by atomic mass is 16.7. The molecule has 1 unspecified atom stereocenters. The van der Waals surface area contributed by atoms with Gasteiger partial charge in [-0.2, -0.15) is 0 Å². The van der Waals surface area contributed by atoms with Crippen molar-refractivity contribution in [2.24, 2.45) is 0 Å². The van der Waals surface area contributed by atoms with E-state index in [4.69, 9.17) is 18.9 Å². The van der Waals surface area contributed by atoms with E-state index in [0.717, 1.165) is 39.1 Å². The Balaban J connectivity index is 1.63. The van der Waals surface area contributed by atoms with E-state index in [-0.39, 0.29) is 24.5 Å². The molecule has 4 aromatic rings. The van der Waals surface area contributed by atoms with E-state index in [9.17, 15) is 4.79 Å². The second kappa shape index (κ2) is 16.2. The summed E-state index contributed by atoms with van der Waals surface area (Å²) in [5, 5.41) is 0. The van der Waals surface area contributed by atoms with Crippen molar-refractivity contribution < 1.29 is 28.5 Å². The van der Waals surface area contributed by atoms with Gasteiger partial charge in [0.25, 0.3) is 0 Å². The Labute approximate surface area is 290 Å². The van der Waals surface area contributed by atoms with Gasteiger partial charge in [0.05, 0.1) is 19.7 Å². The molecule has 0 fully saturated rings. The van der Waals surface area contributed by atoms with Crippen molar-refractivity contribution >= 4 is 12.0 Å². The van der Waals surface area contributed by atoms with Crippen LogP contribution in [-0.2, 0) is 32.0 Å². The first kappa shape index (κ1) is 35.6. The van der Waals surface area contributed by atoms with Crippen LogP contribution in [0.2, 0.25) is 0 Å². The predicted molar refractivity (Wildman–Crippen MR) is 191 cm³/mol. The molecule has 0 heterocycles. The maximum atomic E-state index is 15.2. The lowest BCUT2D eigenvalue weighted by Gasteiger charge is -2.39. The molecule has 0 N–H and O–H groups in total. The van der Waals surface area contributed by atoms with E-state index in [1.54, 1.807) is 9.80 Å². The average molecular weight is 665 g/mol. The summed E-state index contributed by atoms with van der Waals surface area (Å²) in [7, 11) is 1.37. The molecule has 1 atom stereocenters. The van der Waals surface area contributed by atoms with Crippen LogP contribution in [0.3, 0.4) is 0 Å². The highest BCUT2D eigenvalue weighted by molar-refractivity contribution is 5.88. The number of fused-ring (bicyclic) bond motifs is 3. The highest BCUT2D eigenvalue weighted by Gasteiger charge is 2.43. The Morgan fingerprint density at radius 1 is 0.735 bits per heavy atom. The number of carbonyl (C=O) groups excluding carboxylic acids is 2. The Morgan fingerprint density at radius 2 is 1.29 bits per heavy atom. The number of rotatable bonds is 14. The largest absolute Gasteiger partial charge is 0.488 e. The van der Waals surface area contributed by atoms with Crippen molar-refractivity contribution in [3.05, 3.63) is 125 Å². The molecule has 1 aliphatic carbocycles. The van der Waals surface area contributed by atoms with Crippen LogP contribution in [0.25, 0.3) is 11.1 Å². The van der Waals surface area contributed by atoms with Gasteiger partial charge >= 0.3 is 6.09 Å². The maximum absolute atomic E-state index is 15.2. The topological polar surface area (TPSA) is 77.5 Å². The first-order valence-corrected chi connectivity index (χ1v) is 17.0. The third-order valence-electron chi connectivity index (χ3n) is 8.46. The molecule has 0 spiro atoms. The number of benzene rings is 4. The summed E-state index contributed by atoms with van der Waals surface area (Å²) in [4.78, 5) is 32.7. The van der Waals surface area contributed by atoms with Crippen molar-refractivity contribution in [2.75, 3.05) is 26.9 Å². The second-order valence-electron chi connectivity index (χ2n) is 13.1. The van der Waals surface area contributed by atoms with Gasteiger partial charge in [-0.05, 0) is 80.1 Å². The number of ether oxygens (including phenoxy) is 4. The van der Waals surface area contributed by atoms with E-state index < -0.39 is 24.5 Å². The zero-order valence-electron chi connectivity index (χ0n) is 29.4. The third kappa shape index (κ3) is 8.69. The molecule has 8 nitrogen and oxygen atoms in total. The molecule has 0 saturated heterocycles. The molecule has 8 heteroatoms. The quantitative estimate of drug-likeness (QED) is 0.127. The molecule has 2 amide bonds. The predicted octanol–water partition coefficient (Wildman–Crippen LogP) is 8.04. The minimum Gasteiger partial charge on any atom is -0.488 e. The number of hydrogen-bond acceptors (Lipinski definition) is 6. The van der Waals surface area contributed by atoms with Crippen LogP contribution in [-0.4, -0.2) is 66.6 Å². The Bertz CT molecular complexity index is 1630. The monoisotopic (exact) mass is 664 g/mol. The molecule has 0 aromatic heterocycles. The standard InChI is InChI=1S/C41H48N2O6/c1-7-47-37(48-8-2)28-42(27-30-16-10-9-11-17-30)39(44)36(26-29-22-24-31(25-23-29)49-41(3,4)5)43(40(45)46-6)38-34-20-14-12-18-32(34)33-19-13-15-21-35(33)38/h9-25,36-38H,7-8,26-28H2,1-6H3. The Morgan fingerprint density at radius 3 is 1.82 bits per heavy atom. The smallest absolute Gasteiger partial charge is 0.410 e. The van der Waals surface area contributed by atoms with Gasteiger partial charge in [-0.25, -0.2) is 4.79 Å². The molecular weight excluding hydrogens is 616 g/mol. The molecule has 0 bridgehead atoms. The van der Waals surface area contributed by atoms with Crippen LogP contribution < -0.4 is 4.74 Å². The van der Waals surface area contributed by atoms with Gasteiger partial charge in [-0.1, -0.05) is 91.0 Å². The lowest BCUT2D eigenvalue weighted by Crippen LogP contribution is -2.54. The van der Waals surface area contributed by atoms with Crippen LogP contribution in [0, 0.1) is 0 Å². The summed E-state index contributed by atoms with van der Waals surface area (Å²) in [5.41, 5.74) is 5.40. The maximum Gasteiger partial charge on any atom is 0.410 e. The van der Waals surface area contributed by atoms with Crippen molar-refractivity contribution in [3.63, 3.8) is 0 Å². The van der Waals surface area contributed by atoms with Gasteiger partial charge in [0.2, 0.25) is 5.91 Å². The Hall–Kier alpha value is -4.66. The summed E-state index contributed by atoms with van der Waals surface area (Å²) in [5.74, 6) is 0.486. The fourth-order valence-corrected chi connectivity index (χ4v) is 6.47. The molecule has 0 aliphatic heterocycles. The summed E-state index contributed by atoms with van der Waals surface area (Å²) in [6.45, 7) is 11.1. The number of amides is 2. The van der Waals surface area contributed by atoms with Gasteiger partial charge in [0, 0.05) is 26.2 Å². The SMILES string of the molecule is CCOC(CN(Cc1ccccc1)C(=O)C(Cc1ccc(OC(C)(C)C)cc1)N(C(=O)OC)C1c2ccccc2-c2ccccc21)OCC. The summed E-state index contributed by atoms with van der Waals surface area (Å²) < 4.78 is 23.5. The summed E-state index contributed by atoms with van der Waals surface area (Å²) >= 11 is 0. The normalized spacial score (nSPS) is 13.0. The van der Waals surface area contributed by atoms with Gasteiger partial charge in [0.1, 0.15) is 17.4 Å². The average Bonchev–Trinajstić information content (AvgIpc) is 3.42. The first-order valence-electron chi connectivity index (χ1n) is 17.0. The van der Waals surface area contributed by atoms with E-state index in [2.05, 4.69) is 12.1 Å². The molecule has 258 valence electrons. The zero-order chi connectivity index (χ0) is 35.0. The van der Waals surface area contributed by atoms with Crippen LogP contribution in [0.15, 0.2) is 103 Å². The molecule has 4 aromatic carbocycles. The third-order valence-corrected chi connectivity index (χ3v) is 8.46. The molecule has 0 saturated carbocycles. The van der Waals surface area contributed by atoms with Crippen LogP contribution >= 0.6 is 0 Å². The highest BCUT2D eigenvalue weighted by Crippen LogP contribution is 2.47. The molecule has 5 rings (SSSR count). The van der Waals surface area contributed by atoms with Crippen LogP contribution in [0.5, 0.6) is 5.75 Å². The first-order chi connectivity index (χ1) is 23.6. The van der Waals surface area contributed by atoms with Gasteiger partial charge in [-0.3, -0.25) is 9.69 Å². The number of hydrogen-bond donors (Lipinski definition) is 0. The molecular formula is C41H48N2O6. The van der Waals surface area contributed by atoms with Crippen molar-refractivity contribution in [1.82, 2.24) is 9.80 Å². The Kier molecular flexibility index (Phi) is 11.8. The van der Waals surface area contributed by atoms with Gasteiger partial charge in [-0.15, -0.1) is 0 Å². The minimum absolute atomic E-state index is 0.178. The van der Waals surface area contributed by atoms with E-state index in [1.165, 1.54) is 7.11 Å². The van der Waals surface area contributed by atoms with Gasteiger partial charge < -0.3 is 23.8 Å². The summed E-state index contributed by atoms with van der Waals surface area (Å²) in [6, 6.07) is 32.2. The number of nitrogens with zero attached hydrogens (tertiary/aromatic N) is 2. The lowest BCUT2D eigenvalue weighted by molar-refractivity contribution is -0.162. The van der Waals surface area contributed by atoms with Crippen molar-refractivity contribution in [1.29, 1.82) is 0 Å². The van der Waals surface area contributed by atoms with E-state index >= 15 is 4.79 Å². The van der Waals surface area contributed by atoms with Crippen molar-refractivity contribution in [3.8, 4) is 16.9 Å². The second-order valence-corrected chi connectivity index (χ2v) is 13.1. The summed E-state index contributed by atoms with van der Waals surface area (Å²) in [6.07, 6.45) is -0.992.